The van der Waals surface area contributed by atoms with Gasteiger partial charge in [0.1, 0.15) is 6.10 Å². The van der Waals surface area contributed by atoms with Gasteiger partial charge in [0.2, 0.25) is 0 Å². The highest BCUT2D eigenvalue weighted by molar-refractivity contribution is 9.10. The summed E-state index contributed by atoms with van der Waals surface area (Å²) >= 11 is 3.80. The second-order valence-corrected chi connectivity index (χ2v) is 9.94. The SMILES string of the molecule is CC(OC(=O)C1CC2CC1C(C)C2C)c1ccc2c(ccc3ccccc32)c1Br. The molecule has 0 N–H and O–H groups in total. The summed E-state index contributed by atoms with van der Waals surface area (Å²) in [6.45, 7) is 6.64. The van der Waals surface area contributed by atoms with Crippen molar-refractivity contribution in [2.24, 2.45) is 29.6 Å². The predicted molar refractivity (Wildman–Crippen MR) is 122 cm³/mol. The molecule has 3 aromatic carbocycles. The minimum atomic E-state index is -0.264. The molecule has 150 valence electrons. The van der Waals surface area contributed by atoms with E-state index in [2.05, 4.69) is 78.3 Å². The molecule has 0 radical (unpaired) electrons. The molecule has 5 rings (SSSR count). The molecule has 0 spiro atoms. The first kappa shape index (κ1) is 19.1. The van der Waals surface area contributed by atoms with Crippen molar-refractivity contribution >= 4 is 43.4 Å². The van der Waals surface area contributed by atoms with Crippen molar-refractivity contribution in [3.8, 4) is 0 Å². The van der Waals surface area contributed by atoms with Crippen molar-refractivity contribution in [3.63, 3.8) is 0 Å². The van der Waals surface area contributed by atoms with E-state index in [1.807, 2.05) is 6.92 Å². The Balaban J connectivity index is 1.41. The van der Waals surface area contributed by atoms with Crippen molar-refractivity contribution < 1.29 is 9.53 Å². The number of hydrogen-bond donors (Lipinski definition) is 0. The maximum Gasteiger partial charge on any atom is 0.309 e. The van der Waals surface area contributed by atoms with Gasteiger partial charge in [0.05, 0.1) is 5.92 Å². The predicted octanol–water partition coefficient (Wildman–Crippen LogP) is 7.29. The van der Waals surface area contributed by atoms with E-state index in [0.29, 0.717) is 17.8 Å². The Kier molecular flexibility index (Phi) is 4.70. The highest BCUT2D eigenvalue weighted by Crippen LogP contribution is 2.55. The smallest absolute Gasteiger partial charge is 0.309 e. The van der Waals surface area contributed by atoms with Crippen LogP contribution in [-0.4, -0.2) is 5.97 Å². The molecule has 0 aromatic heterocycles. The topological polar surface area (TPSA) is 26.3 Å². The fraction of sp³-hybridized carbons (Fsp3) is 0.423. The quantitative estimate of drug-likeness (QED) is 0.309. The van der Waals surface area contributed by atoms with E-state index in [-0.39, 0.29) is 18.0 Å². The summed E-state index contributed by atoms with van der Waals surface area (Å²) in [6.07, 6.45) is 1.94. The van der Waals surface area contributed by atoms with Crippen LogP contribution in [0.4, 0.5) is 0 Å². The Morgan fingerprint density at radius 3 is 2.48 bits per heavy atom. The number of fused-ring (bicyclic) bond motifs is 5. The summed E-state index contributed by atoms with van der Waals surface area (Å²) in [5.41, 5.74) is 1.03. The van der Waals surface area contributed by atoms with Gasteiger partial charge in [-0.3, -0.25) is 4.79 Å². The molecule has 2 bridgehead atoms. The second-order valence-electron chi connectivity index (χ2n) is 9.15. The largest absolute Gasteiger partial charge is 0.458 e. The number of carbonyl (C=O) groups excluding carboxylic acids is 1. The molecular weight excluding hydrogens is 424 g/mol. The van der Waals surface area contributed by atoms with Crippen molar-refractivity contribution in [1.82, 2.24) is 0 Å². The summed E-state index contributed by atoms with van der Waals surface area (Å²) in [7, 11) is 0. The first-order valence-electron chi connectivity index (χ1n) is 10.8. The van der Waals surface area contributed by atoms with Gasteiger partial charge < -0.3 is 4.74 Å². The van der Waals surface area contributed by atoms with Gasteiger partial charge >= 0.3 is 5.97 Å². The summed E-state index contributed by atoms with van der Waals surface area (Å²) in [6, 6.07) is 17.0. The average Bonchev–Trinajstić information content (AvgIpc) is 3.28. The summed E-state index contributed by atoms with van der Waals surface area (Å²) < 4.78 is 7.03. The molecule has 2 aliphatic carbocycles. The number of benzene rings is 3. The van der Waals surface area contributed by atoms with Gasteiger partial charge in [0.15, 0.2) is 0 Å². The van der Waals surface area contributed by atoms with Crippen LogP contribution in [0.25, 0.3) is 21.5 Å². The van der Waals surface area contributed by atoms with Gasteiger partial charge in [-0.15, -0.1) is 0 Å². The highest BCUT2D eigenvalue weighted by Gasteiger charge is 2.51. The Morgan fingerprint density at radius 1 is 0.966 bits per heavy atom. The van der Waals surface area contributed by atoms with Gasteiger partial charge in [0, 0.05) is 10.0 Å². The first-order chi connectivity index (χ1) is 14.0. The number of halogens is 1. The third-order valence-electron chi connectivity index (χ3n) is 7.82. The fourth-order valence-corrected chi connectivity index (χ4v) is 6.72. The molecule has 2 saturated carbocycles. The first-order valence-corrected chi connectivity index (χ1v) is 11.6. The molecule has 3 aromatic rings. The molecule has 2 aliphatic rings. The molecule has 6 unspecified atom stereocenters. The molecule has 6 atom stereocenters. The lowest BCUT2D eigenvalue weighted by atomic mass is 9.76. The second kappa shape index (κ2) is 7.12. The zero-order valence-corrected chi connectivity index (χ0v) is 18.8. The standard InChI is InChI=1S/C26H27BrO2/c1-14-15(2)23-12-18(14)13-24(23)26(28)29-16(3)19-10-11-21-20-7-5-4-6-17(20)8-9-22(21)25(19)27/h4-11,14-16,18,23-24H,12-13H2,1-3H3. The van der Waals surface area contributed by atoms with Gasteiger partial charge in [-0.1, -0.05) is 62.4 Å². The van der Waals surface area contributed by atoms with E-state index >= 15 is 0 Å². The summed E-state index contributed by atoms with van der Waals surface area (Å²) in [5.74, 6) is 2.64. The van der Waals surface area contributed by atoms with Crippen molar-refractivity contribution in [3.05, 3.63) is 58.6 Å². The highest BCUT2D eigenvalue weighted by atomic mass is 79.9. The maximum atomic E-state index is 13.0. The molecule has 0 aliphatic heterocycles. The van der Waals surface area contributed by atoms with Gasteiger partial charge in [-0.2, -0.15) is 0 Å². The van der Waals surface area contributed by atoms with Crippen molar-refractivity contribution in [1.29, 1.82) is 0 Å². The zero-order chi connectivity index (χ0) is 20.3. The van der Waals surface area contributed by atoms with Crippen LogP contribution in [0, 0.1) is 29.6 Å². The van der Waals surface area contributed by atoms with Crippen LogP contribution in [0.2, 0.25) is 0 Å². The Morgan fingerprint density at radius 2 is 1.72 bits per heavy atom. The van der Waals surface area contributed by atoms with Crippen LogP contribution in [0.3, 0.4) is 0 Å². The zero-order valence-electron chi connectivity index (χ0n) is 17.2. The molecular formula is C26H27BrO2. The molecule has 3 heteroatoms. The fourth-order valence-electron chi connectivity index (χ4n) is 5.92. The lowest BCUT2D eigenvalue weighted by molar-refractivity contribution is -0.156. The molecule has 2 fully saturated rings. The van der Waals surface area contributed by atoms with Gasteiger partial charge in [-0.25, -0.2) is 0 Å². The number of ether oxygens (including phenoxy) is 1. The monoisotopic (exact) mass is 450 g/mol. The van der Waals surface area contributed by atoms with Gasteiger partial charge in [0.25, 0.3) is 0 Å². The lowest BCUT2D eigenvalue weighted by Crippen LogP contribution is -2.31. The van der Waals surface area contributed by atoms with E-state index < -0.39 is 0 Å². The van der Waals surface area contributed by atoms with Crippen LogP contribution in [0.5, 0.6) is 0 Å². The van der Waals surface area contributed by atoms with E-state index in [1.54, 1.807) is 0 Å². The van der Waals surface area contributed by atoms with Crippen molar-refractivity contribution in [2.75, 3.05) is 0 Å². The third-order valence-corrected chi connectivity index (χ3v) is 8.71. The summed E-state index contributed by atoms with van der Waals surface area (Å²) in [4.78, 5) is 13.0. The lowest BCUT2D eigenvalue weighted by Gasteiger charge is -2.31. The number of rotatable bonds is 3. The molecule has 0 amide bonds. The van der Waals surface area contributed by atoms with Crippen LogP contribution < -0.4 is 0 Å². The minimum Gasteiger partial charge on any atom is -0.458 e. The van der Waals surface area contributed by atoms with Crippen LogP contribution in [-0.2, 0) is 9.53 Å². The summed E-state index contributed by atoms with van der Waals surface area (Å²) in [5, 5.41) is 4.85. The average molecular weight is 451 g/mol. The Bertz CT molecular complexity index is 1100. The van der Waals surface area contributed by atoms with Crippen LogP contribution >= 0.6 is 15.9 Å². The van der Waals surface area contributed by atoms with E-state index in [1.165, 1.54) is 22.6 Å². The Hall–Kier alpha value is -1.87. The number of hydrogen-bond acceptors (Lipinski definition) is 2. The van der Waals surface area contributed by atoms with Crippen molar-refractivity contribution in [2.45, 2.75) is 39.7 Å². The van der Waals surface area contributed by atoms with Crippen LogP contribution in [0.15, 0.2) is 53.0 Å². The third kappa shape index (κ3) is 3.01. The van der Waals surface area contributed by atoms with E-state index in [0.717, 1.165) is 27.8 Å². The number of carbonyl (C=O) groups is 1. The number of esters is 1. The molecule has 0 saturated heterocycles. The molecule has 2 nitrogen and oxygen atoms in total. The maximum absolute atomic E-state index is 13.0. The van der Waals surface area contributed by atoms with Gasteiger partial charge in [-0.05, 0) is 80.9 Å². The normalized spacial score (nSPS) is 29.4. The van der Waals surface area contributed by atoms with E-state index in [9.17, 15) is 4.79 Å². The van der Waals surface area contributed by atoms with Crippen LogP contribution in [0.1, 0.15) is 45.3 Å². The molecule has 0 heterocycles. The van der Waals surface area contributed by atoms with E-state index in [4.69, 9.17) is 4.74 Å². The minimum absolute atomic E-state index is 0.00532. The molecule has 29 heavy (non-hydrogen) atoms. The Labute approximate surface area is 180 Å².